The normalized spacial score (nSPS) is 17.7. The maximum absolute atomic E-state index is 4.31. The van der Waals surface area contributed by atoms with Crippen LogP contribution in [0, 0.1) is 0 Å². The molecule has 2 heterocycles. The molecule has 0 unspecified atom stereocenters. The molecule has 0 aliphatic carbocycles. The van der Waals surface area contributed by atoms with Gasteiger partial charge in [0.05, 0.1) is 12.4 Å². The minimum atomic E-state index is 0.410. The molecule has 5 nitrogen and oxygen atoms in total. The molecule has 0 amide bonds. The average molecular weight is 221 g/mol. The first-order valence-electron chi connectivity index (χ1n) is 5.92. The van der Waals surface area contributed by atoms with Crippen molar-refractivity contribution in [3.8, 4) is 0 Å². The largest absolute Gasteiger partial charge is 0.334 e. The first-order valence-corrected chi connectivity index (χ1v) is 5.92. The standard InChI is InChI=1S/C11H19N5/c1-9(2)16(10-3-5-12-6-4-10)11-13-7-8-14-15-11/h7-10,12H,3-6H2,1-2H3. The summed E-state index contributed by atoms with van der Waals surface area (Å²) >= 11 is 0. The van der Waals surface area contributed by atoms with Crippen LogP contribution in [-0.4, -0.2) is 40.4 Å². The second kappa shape index (κ2) is 5.21. The molecule has 16 heavy (non-hydrogen) atoms. The highest BCUT2D eigenvalue weighted by Gasteiger charge is 2.25. The SMILES string of the molecule is CC(C)N(c1nccnn1)C1CCNCC1. The zero-order valence-corrected chi connectivity index (χ0v) is 9.93. The van der Waals surface area contributed by atoms with Crippen LogP contribution in [0.3, 0.4) is 0 Å². The van der Waals surface area contributed by atoms with E-state index in [1.54, 1.807) is 12.4 Å². The van der Waals surface area contributed by atoms with Gasteiger partial charge >= 0.3 is 0 Å². The molecule has 1 aliphatic rings. The summed E-state index contributed by atoms with van der Waals surface area (Å²) in [6.07, 6.45) is 5.62. The maximum Gasteiger partial charge on any atom is 0.245 e. The molecular weight excluding hydrogens is 202 g/mol. The third kappa shape index (κ3) is 2.47. The third-order valence-corrected chi connectivity index (χ3v) is 2.96. The summed E-state index contributed by atoms with van der Waals surface area (Å²) in [5.41, 5.74) is 0. The second-order valence-electron chi connectivity index (χ2n) is 4.42. The van der Waals surface area contributed by atoms with E-state index in [0.717, 1.165) is 31.9 Å². The summed E-state index contributed by atoms with van der Waals surface area (Å²) in [5, 5.41) is 11.4. The molecule has 1 aromatic heterocycles. The van der Waals surface area contributed by atoms with E-state index in [4.69, 9.17) is 0 Å². The van der Waals surface area contributed by atoms with Gasteiger partial charge in [0.25, 0.3) is 0 Å². The van der Waals surface area contributed by atoms with E-state index >= 15 is 0 Å². The van der Waals surface area contributed by atoms with Crippen molar-refractivity contribution in [3.63, 3.8) is 0 Å². The lowest BCUT2D eigenvalue weighted by molar-refractivity contribution is 0.406. The van der Waals surface area contributed by atoms with Gasteiger partial charge in [-0.05, 0) is 39.8 Å². The quantitative estimate of drug-likeness (QED) is 0.819. The summed E-state index contributed by atoms with van der Waals surface area (Å²) in [7, 11) is 0. The van der Waals surface area contributed by atoms with Crippen molar-refractivity contribution < 1.29 is 0 Å². The fraction of sp³-hybridized carbons (Fsp3) is 0.727. The van der Waals surface area contributed by atoms with Crippen LogP contribution in [0.25, 0.3) is 0 Å². The molecule has 0 radical (unpaired) electrons. The molecule has 1 aliphatic heterocycles. The smallest absolute Gasteiger partial charge is 0.245 e. The van der Waals surface area contributed by atoms with Gasteiger partial charge in [0.2, 0.25) is 5.95 Å². The Morgan fingerprint density at radius 2 is 2.06 bits per heavy atom. The van der Waals surface area contributed by atoms with E-state index in [2.05, 4.69) is 39.2 Å². The second-order valence-corrected chi connectivity index (χ2v) is 4.42. The van der Waals surface area contributed by atoms with Crippen LogP contribution in [0.5, 0.6) is 0 Å². The first kappa shape index (κ1) is 11.3. The van der Waals surface area contributed by atoms with Crippen molar-refractivity contribution in [2.45, 2.75) is 38.8 Å². The number of nitrogens with one attached hydrogen (secondary N) is 1. The molecule has 88 valence electrons. The molecular formula is C11H19N5. The number of rotatable bonds is 3. The molecule has 1 saturated heterocycles. The van der Waals surface area contributed by atoms with Crippen molar-refractivity contribution >= 4 is 5.95 Å². The zero-order valence-electron chi connectivity index (χ0n) is 9.93. The van der Waals surface area contributed by atoms with E-state index in [-0.39, 0.29) is 0 Å². The van der Waals surface area contributed by atoms with Gasteiger partial charge in [0.1, 0.15) is 0 Å². The zero-order chi connectivity index (χ0) is 11.4. The van der Waals surface area contributed by atoms with Crippen LogP contribution in [-0.2, 0) is 0 Å². The van der Waals surface area contributed by atoms with E-state index in [9.17, 15) is 0 Å². The third-order valence-electron chi connectivity index (χ3n) is 2.96. The van der Waals surface area contributed by atoms with Crippen molar-refractivity contribution in [3.05, 3.63) is 12.4 Å². The predicted molar refractivity (Wildman–Crippen MR) is 63.3 cm³/mol. The Morgan fingerprint density at radius 3 is 2.62 bits per heavy atom. The monoisotopic (exact) mass is 221 g/mol. The van der Waals surface area contributed by atoms with Gasteiger partial charge in [-0.25, -0.2) is 4.98 Å². The minimum Gasteiger partial charge on any atom is -0.334 e. The van der Waals surface area contributed by atoms with Gasteiger partial charge in [-0.3, -0.25) is 0 Å². The topological polar surface area (TPSA) is 53.9 Å². The van der Waals surface area contributed by atoms with Crippen LogP contribution in [0.1, 0.15) is 26.7 Å². The number of hydrogen-bond donors (Lipinski definition) is 1. The summed E-state index contributed by atoms with van der Waals surface area (Å²) in [5.74, 6) is 0.754. The van der Waals surface area contributed by atoms with Gasteiger partial charge < -0.3 is 10.2 Å². The van der Waals surface area contributed by atoms with Crippen LogP contribution < -0.4 is 10.2 Å². The van der Waals surface area contributed by atoms with Crippen molar-refractivity contribution in [2.24, 2.45) is 0 Å². The van der Waals surface area contributed by atoms with Gasteiger partial charge in [-0.15, -0.1) is 5.10 Å². The Balaban J connectivity index is 2.16. The van der Waals surface area contributed by atoms with Gasteiger partial charge in [0, 0.05) is 12.1 Å². The molecule has 5 heteroatoms. The Morgan fingerprint density at radius 1 is 1.31 bits per heavy atom. The first-order chi connectivity index (χ1) is 7.79. The van der Waals surface area contributed by atoms with Gasteiger partial charge in [-0.2, -0.15) is 5.10 Å². The average Bonchev–Trinajstić information content (AvgIpc) is 2.31. The highest BCUT2D eigenvalue weighted by Crippen LogP contribution is 2.19. The maximum atomic E-state index is 4.31. The van der Waals surface area contributed by atoms with E-state index in [0.29, 0.717) is 12.1 Å². The predicted octanol–water partition coefficient (Wildman–Crippen LogP) is 0.838. The number of hydrogen-bond acceptors (Lipinski definition) is 5. The summed E-state index contributed by atoms with van der Waals surface area (Å²) in [4.78, 5) is 6.59. The van der Waals surface area contributed by atoms with E-state index in [1.807, 2.05) is 0 Å². The van der Waals surface area contributed by atoms with E-state index in [1.165, 1.54) is 0 Å². The Bertz CT molecular complexity index is 307. The number of anilines is 1. The fourth-order valence-electron chi connectivity index (χ4n) is 2.26. The van der Waals surface area contributed by atoms with Crippen molar-refractivity contribution in [1.82, 2.24) is 20.5 Å². The number of nitrogens with zero attached hydrogens (tertiary/aromatic N) is 4. The Labute approximate surface area is 96.3 Å². The lowest BCUT2D eigenvalue weighted by atomic mass is 10.0. The molecule has 1 fully saturated rings. The van der Waals surface area contributed by atoms with Crippen LogP contribution in [0.2, 0.25) is 0 Å². The lowest BCUT2D eigenvalue weighted by Gasteiger charge is -2.37. The number of aromatic nitrogens is 3. The molecule has 0 spiro atoms. The van der Waals surface area contributed by atoms with E-state index < -0.39 is 0 Å². The summed E-state index contributed by atoms with van der Waals surface area (Å²) in [6, 6.07) is 0.942. The Hall–Kier alpha value is -1.23. The molecule has 0 saturated carbocycles. The van der Waals surface area contributed by atoms with Crippen LogP contribution in [0.4, 0.5) is 5.95 Å². The van der Waals surface area contributed by atoms with Crippen LogP contribution in [0.15, 0.2) is 12.4 Å². The summed E-state index contributed by atoms with van der Waals surface area (Å²) < 4.78 is 0. The highest BCUT2D eigenvalue weighted by atomic mass is 15.3. The highest BCUT2D eigenvalue weighted by molar-refractivity contribution is 5.31. The van der Waals surface area contributed by atoms with Gasteiger partial charge in [-0.1, -0.05) is 0 Å². The van der Waals surface area contributed by atoms with Gasteiger partial charge in [0.15, 0.2) is 0 Å². The van der Waals surface area contributed by atoms with Crippen molar-refractivity contribution in [1.29, 1.82) is 0 Å². The molecule has 1 N–H and O–H groups in total. The Kier molecular flexibility index (Phi) is 3.66. The van der Waals surface area contributed by atoms with Crippen molar-refractivity contribution in [2.75, 3.05) is 18.0 Å². The molecule has 2 rings (SSSR count). The molecule has 1 aromatic rings. The number of piperidine rings is 1. The summed E-state index contributed by atoms with van der Waals surface area (Å²) in [6.45, 7) is 6.51. The minimum absolute atomic E-state index is 0.410. The fourth-order valence-corrected chi connectivity index (χ4v) is 2.26. The molecule has 0 bridgehead atoms. The van der Waals surface area contributed by atoms with Crippen LogP contribution >= 0.6 is 0 Å². The molecule has 0 atom stereocenters. The molecule has 0 aromatic carbocycles. The lowest BCUT2D eigenvalue weighted by Crippen LogP contribution is -2.47.